The number of carbonyl (C=O) groups is 2. The van der Waals surface area contributed by atoms with Gasteiger partial charge in [0.05, 0.1) is 17.7 Å². The first-order valence-corrected chi connectivity index (χ1v) is 12.4. The zero-order valence-corrected chi connectivity index (χ0v) is 19.8. The fourth-order valence-electron chi connectivity index (χ4n) is 4.60. The summed E-state index contributed by atoms with van der Waals surface area (Å²) in [6.45, 7) is 2.43. The van der Waals surface area contributed by atoms with E-state index in [1.54, 1.807) is 12.3 Å². The standard InChI is InChI=1S/C26H30FN5O3/c1-2-22(33)31-17-6-8-18(9-7-17)32-26(34)20-12-28-25-23(29-14-30-24(20)25)19-11-16(27)5-10-21(19)35-13-15-3-4-15/h5,10-12,14-15,17-18,28H,2-4,6-9,13H2,1H3,(H,31,33)(H,32,34). The van der Waals surface area contributed by atoms with Crippen LogP contribution in [0.1, 0.15) is 62.2 Å². The minimum atomic E-state index is -0.388. The summed E-state index contributed by atoms with van der Waals surface area (Å²) in [6.07, 6.45) is 9.05. The maximum absolute atomic E-state index is 14.2. The molecule has 0 atom stereocenters. The zero-order chi connectivity index (χ0) is 24.4. The number of amides is 2. The summed E-state index contributed by atoms with van der Waals surface area (Å²) in [7, 11) is 0. The molecule has 0 aliphatic heterocycles. The van der Waals surface area contributed by atoms with Crippen LogP contribution in [0.15, 0.2) is 30.7 Å². The number of ether oxygens (including phenoxy) is 1. The van der Waals surface area contributed by atoms with Gasteiger partial charge < -0.3 is 20.4 Å². The molecule has 184 valence electrons. The number of benzene rings is 1. The number of nitrogens with one attached hydrogen (secondary N) is 3. The second kappa shape index (κ2) is 10.0. The molecule has 2 aliphatic carbocycles. The monoisotopic (exact) mass is 479 g/mol. The van der Waals surface area contributed by atoms with Crippen molar-refractivity contribution in [1.29, 1.82) is 0 Å². The van der Waals surface area contributed by atoms with E-state index in [4.69, 9.17) is 4.74 Å². The van der Waals surface area contributed by atoms with Crippen molar-refractivity contribution in [1.82, 2.24) is 25.6 Å². The highest BCUT2D eigenvalue weighted by Gasteiger charge is 2.26. The molecule has 2 aromatic heterocycles. The van der Waals surface area contributed by atoms with Crippen LogP contribution in [0.25, 0.3) is 22.3 Å². The number of fused-ring (bicyclic) bond motifs is 1. The average molecular weight is 480 g/mol. The highest BCUT2D eigenvalue weighted by atomic mass is 19.1. The Bertz CT molecular complexity index is 1230. The van der Waals surface area contributed by atoms with Gasteiger partial charge >= 0.3 is 0 Å². The van der Waals surface area contributed by atoms with Gasteiger partial charge in [0, 0.05) is 30.3 Å². The quantitative estimate of drug-likeness (QED) is 0.450. The van der Waals surface area contributed by atoms with Gasteiger partial charge in [-0.25, -0.2) is 14.4 Å². The predicted molar refractivity (Wildman–Crippen MR) is 129 cm³/mol. The Hall–Kier alpha value is -3.49. The molecule has 0 radical (unpaired) electrons. The number of aromatic nitrogens is 3. The van der Waals surface area contributed by atoms with Crippen LogP contribution in [0.2, 0.25) is 0 Å². The second-order valence-corrected chi connectivity index (χ2v) is 9.49. The molecule has 1 aromatic carbocycles. The lowest BCUT2D eigenvalue weighted by Crippen LogP contribution is -2.43. The van der Waals surface area contributed by atoms with Gasteiger partial charge in [-0.05, 0) is 62.6 Å². The molecule has 0 unspecified atom stereocenters. The molecule has 0 saturated heterocycles. The van der Waals surface area contributed by atoms with E-state index in [-0.39, 0.29) is 29.7 Å². The fraction of sp³-hybridized carbons (Fsp3) is 0.462. The smallest absolute Gasteiger partial charge is 0.255 e. The van der Waals surface area contributed by atoms with Gasteiger partial charge in [0.15, 0.2) is 0 Å². The van der Waals surface area contributed by atoms with Crippen molar-refractivity contribution in [2.24, 2.45) is 5.92 Å². The van der Waals surface area contributed by atoms with Gasteiger partial charge in [-0.3, -0.25) is 9.59 Å². The van der Waals surface area contributed by atoms with E-state index in [1.807, 2.05) is 6.92 Å². The lowest BCUT2D eigenvalue weighted by Gasteiger charge is -2.29. The molecular weight excluding hydrogens is 449 g/mol. The summed E-state index contributed by atoms with van der Waals surface area (Å²) < 4.78 is 20.1. The topological polar surface area (TPSA) is 109 Å². The van der Waals surface area contributed by atoms with E-state index in [0.29, 0.717) is 52.5 Å². The molecular formula is C26H30FN5O3. The van der Waals surface area contributed by atoms with E-state index >= 15 is 0 Å². The molecule has 2 saturated carbocycles. The van der Waals surface area contributed by atoms with E-state index in [0.717, 1.165) is 38.5 Å². The second-order valence-electron chi connectivity index (χ2n) is 9.49. The summed E-state index contributed by atoms with van der Waals surface area (Å²) in [5, 5.41) is 6.14. The number of aromatic amines is 1. The lowest BCUT2D eigenvalue weighted by molar-refractivity contribution is -0.121. The Morgan fingerprint density at radius 3 is 2.54 bits per heavy atom. The van der Waals surface area contributed by atoms with Crippen molar-refractivity contribution in [3.8, 4) is 17.0 Å². The number of hydrogen-bond donors (Lipinski definition) is 3. The molecule has 2 heterocycles. The molecule has 5 rings (SSSR count). The summed E-state index contributed by atoms with van der Waals surface area (Å²) in [6, 6.07) is 4.60. The first-order valence-electron chi connectivity index (χ1n) is 12.4. The number of nitrogens with zero attached hydrogens (tertiary/aromatic N) is 2. The van der Waals surface area contributed by atoms with Crippen LogP contribution >= 0.6 is 0 Å². The molecule has 2 aliphatic rings. The maximum Gasteiger partial charge on any atom is 0.255 e. The molecule has 2 fully saturated rings. The highest BCUT2D eigenvalue weighted by molar-refractivity contribution is 6.07. The van der Waals surface area contributed by atoms with Gasteiger partial charge in [0.2, 0.25) is 5.91 Å². The Morgan fingerprint density at radius 1 is 1.09 bits per heavy atom. The van der Waals surface area contributed by atoms with Crippen LogP contribution in [0, 0.1) is 11.7 Å². The van der Waals surface area contributed by atoms with Crippen molar-refractivity contribution < 1.29 is 18.7 Å². The van der Waals surface area contributed by atoms with E-state index in [2.05, 4.69) is 25.6 Å². The fourth-order valence-corrected chi connectivity index (χ4v) is 4.60. The summed E-state index contributed by atoms with van der Waals surface area (Å²) in [5.41, 5.74) is 2.48. The van der Waals surface area contributed by atoms with Crippen LogP contribution in [0.5, 0.6) is 5.75 Å². The lowest BCUT2D eigenvalue weighted by atomic mass is 9.91. The Labute approximate surface area is 203 Å². The number of carbonyl (C=O) groups excluding carboxylic acids is 2. The van der Waals surface area contributed by atoms with Crippen molar-refractivity contribution in [2.45, 2.75) is 64.0 Å². The molecule has 0 spiro atoms. The van der Waals surface area contributed by atoms with Crippen LogP contribution in [-0.2, 0) is 4.79 Å². The van der Waals surface area contributed by atoms with Crippen molar-refractivity contribution in [2.75, 3.05) is 6.61 Å². The molecule has 9 heteroatoms. The Morgan fingerprint density at radius 2 is 1.83 bits per heavy atom. The predicted octanol–water partition coefficient (Wildman–Crippen LogP) is 4.12. The normalized spacial score (nSPS) is 19.9. The van der Waals surface area contributed by atoms with Gasteiger partial charge in [-0.1, -0.05) is 6.92 Å². The summed E-state index contributed by atoms with van der Waals surface area (Å²) in [4.78, 5) is 36.6. The van der Waals surface area contributed by atoms with Crippen LogP contribution < -0.4 is 15.4 Å². The van der Waals surface area contributed by atoms with E-state index in [9.17, 15) is 14.0 Å². The van der Waals surface area contributed by atoms with Crippen LogP contribution in [-0.4, -0.2) is 45.5 Å². The first kappa shape index (κ1) is 23.3. The first-order chi connectivity index (χ1) is 17.0. The molecule has 0 bridgehead atoms. The van der Waals surface area contributed by atoms with Gasteiger partial charge in [-0.15, -0.1) is 0 Å². The molecule has 35 heavy (non-hydrogen) atoms. The summed E-state index contributed by atoms with van der Waals surface area (Å²) in [5.74, 6) is 0.571. The Balaban J connectivity index is 1.33. The average Bonchev–Trinajstić information content (AvgIpc) is 3.59. The third kappa shape index (κ3) is 5.28. The van der Waals surface area contributed by atoms with E-state index < -0.39 is 0 Å². The minimum Gasteiger partial charge on any atom is -0.493 e. The largest absolute Gasteiger partial charge is 0.493 e. The van der Waals surface area contributed by atoms with E-state index in [1.165, 1.54) is 18.5 Å². The van der Waals surface area contributed by atoms with Gasteiger partial charge in [0.1, 0.15) is 29.1 Å². The maximum atomic E-state index is 14.2. The van der Waals surface area contributed by atoms with Crippen LogP contribution in [0.4, 0.5) is 4.39 Å². The highest BCUT2D eigenvalue weighted by Crippen LogP contribution is 2.36. The zero-order valence-electron chi connectivity index (χ0n) is 19.8. The third-order valence-corrected chi connectivity index (χ3v) is 6.82. The number of hydrogen-bond acceptors (Lipinski definition) is 5. The Kier molecular flexibility index (Phi) is 6.66. The number of H-pyrrole nitrogens is 1. The van der Waals surface area contributed by atoms with Crippen molar-refractivity contribution >= 4 is 22.8 Å². The van der Waals surface area contributed by atoms with Crippen molar-refractivity contribution in [3.63, 3.8) is 0 Å². The third-order valence-electron chi connectivity index (χ3n) is 6.82. The molecule has 8 nitrogen and oxygen atoms in total. The van der Waals surface area contributed by atoms with Crippen LogP contribution in [0.3, 0.4) is 0 Å². The molecule has 3 N–H and O–H groups in total. The summed E-state index contributed by atoms with van der Waals surface area (Å²) >= 11 is 0. The molecule has 2 amide bonds. The number of rotatable bonds is 8. The van der Waals surface area contributed by atoms with Gasteiger partial charge in [0.25, 0.3) is 5.91 Å². The SMILES string of the molecule is CCC(=O)NC1CCC(NC(=O)c2c[nH]c3c(-c4cc(F)ccc4OCC4CC4)ncnc23)CC1. The minimum absolute atomic E-state index is 0.0363. The number of halogens is 1. The molecule has 3 aromatic rings. The van der Waals surface area contributed by atoms with Crippen molar-refractivity contribution in [3.05, 3.63) is 42.1 Å². The van der Waals surface area contributed by atoms with Gasteiger partial charge in [-0.2, -0.15) is 0 Å².